The fourth-order valence-corrected chi connectivity index (χ4v) is 5.18. The fourth-order valence-electron chi connectivity index (χ4n) is 5.18. The number of piperazine rings is 1. The molecule has 1 saturated heterocycles. The van der Waals surface area contributed by atoms with E-state index in [1.54, 1.807) is 31.0 Å². The van der Waals surface area contributed by atoms with Gasteiger partial charge in [0.25, 0.3) is 5.91 Å². The standard InChI is InChI=1S/C29H35FN4O4/c1-6-38-28(36)25-24(32(5)29(37)31-26(25)22-15-18(2)11-12-19(22)3)17-33-13-14-34(20(4)16-33)27(35)21-9-7-8-10-23(21)30/h7-12,15,20,26H,6,13-14,16-17H2,1-5H3,(H,31,37)/t20-,26+/m1/s1. The van der Waals surface area contributed by atoms with Crippen molar-refractivity contribution in [2.24, 2.45) is 0 Å². The Hall–Kier alpha value is -3.72. The Morgan fingerprint density at radius 3 is 2.55 bits per heavy atom. The molecule has 0 aromatic heterocycles. The highest BCUT2D eigenvalue weighted by Crippen LogP contribution is 2.34. The lowest BCUT2D eigenvalue weighted by Gasteiger charge is -2.42. The number of hydrogen-bond acceptors (Lipinski definition) is 5. The van der Waals surface area contributed by atoms with Gasteiger partial charge in [-0.15, -0.1) is 0 Å². The molecule has 2 atom stereocenters. The van der Waals surface area contributed by atoms with Gasteiger partial charge in [0, 0.05) is 45.0 Å². The molecule has 1 fully saturated rings. The second kappa shape index (κ2) is 11.3. The maximum Gasteiger partial charge on any atom is 0.338 e. The average molecular weight is 523 g/mol. The van der Waals surface area contributed by atoms with Gasteiger partial charge in [0.1, 0.15) is 5.82 Å². The fraction of sp³-hybridized carbons (Fsp3) is 0.414. The average Bonchev–Trinajstić information content (AvgIpc) is 2.88. The first-order valence-electron chi connectivity index (χ1n) is 12.9. The number of carbonyl (C=O) groups excluding carboxylic acids is 3. The van der Waals surface area contributed by atoms with Gasteiger partial charge in [0.15, 0.2) is 0 Å². The van der Waals surface area contributed by atoms with Crippen molar-refractivity contribution in [2.45, 2.75) is 39.8 Å². The van der Waals surface area contributed by atoms with E-state index in [0.29, 0.717) is 37.4 Å². The molecule has 9 heteroatoms. The van der Waals surface area contributed by atoms with E-state index in [9.17, 15) is 18.8 Å². The van der Waals surface area contributed by atoms with Gasteiger partial charge in [-0.25, -0.2) is 14.0 Å². The minimum Gasteiger partial charge on any atom is -0.463 e. The molecule has 3 amide bonds. The second-order valence-corrected chi connectivity index (χ2v) is 9.94. The molecule has 2 heterocycles. The van der Waals surface area contributed by atoms with Crippen LogP contribution < -0.4 is 5.32 Å². The maximum absolute atomic E-state index is 14.2. The summed E-state index contributed by atoms with van der Waals surface area (Å²) >= 11 is 0. The summed E-state index contributed by atoms with van der Waals surface area (Å²) in [4.78, 5) is 44.7. The first-order valence-corrected chi connectivity index (χ1v) is 12.9. The Labute approximate surface area is 223 Å². The topological polar surface area (TPSA) is 82.2 Å². The summed E-state index contributed by atoms with van der Waals surface area (Å²) in [5, 5.41) is 2.98. The van der Waals surface area contributed by atoms with Crippen LogP contribution in [0.3, 0.4) is 0 Å². The van der Waals surface area contributed by atoms with Gasteiger partial charge in [0.2, 0.25) is 0 Å². The summed E-state index contributed by atoms with van der Waals surface area (Å²) in [5.41, 5.74) is 3.86. The normalized spacial score (nSPS) is 20.4. The smallest absolute Gasteiger partial charge is 0.338 e. The van der Waals surface area contributed by atoms with Crippen molar-refractivity contribution in [3.63, 3.8) is 0 Å². The van der Waals surface area contributed by atoms with Crippen molar-refractivity contribution in [1.82, 2.24) is 20.0 Å². The molecule has 2 aromatic carbocycles. The molecule has 2 aliphatic heterocycles. The van der Waals surface area contributed by atoms with Gasteiger partial charge in [-0.1, -0.05) is 35.9 Å². The highest BCUT2D eigenvalue weighted by Gasteiger charge is 2.39. The van der Waals surface area contributed by atoms with Crippen LogP contribution >= 0.6 is 0 Å². The van der Waals surface area contributed by atoms with E-state index >= 15 is 0 Å². The third-order valence-electron chi connectivity index (χ3n) is 7.27. The van der Waals surface area contributed by atoms with Crippen molar-refractivity contribution >= 4 is 17.9 Å². The summed E-state index contributed by atoms with van der Waals surface area (Å²) in [5.74, 6) is -1.35. The van der Waals surface area contributed by atoms with Crippen molar-refractivity contribution in [2.75, 3.05) is 39.8 Å². The molecule has 4 rings (SSSR count). The van der Waals surface area contributed by atoms with E-state index in [4.69, 9.17) is 4.74 Å². The van der Waals surface area contributed by atoms with Crippen LogP contribution in [0.5, 0.6) is 0 Å². The molecule has 1 N–H and O–H groups in total. The van der Waals surface area contributed by atoms with Gasteiger partial charge in [0.05, 0.1) is 23.8 Å². The summed E-state index contributed by atoms with van der Waals surface area (Å²) in [7, 11) is 1.64. The van der Waals surface area contributed by atoms with E-state index < -0.39 is 17.8 Å². The molecule has 8 nitrogen and oxygen atoms in total. The van der Waals surface area contributed by atoms with Crippen LogP contribution in [0, 0.1) is 19.7 Å². The molecule has 0 unspecified atom stereocenters. The monoisotopic (exact) mass is 522 g/mol. The number of rotatable bonds is 6. The van der Waals surface area contributed by atoms with Crippen LogP contribution in [-0.4, -0.2) is 78.5 Å². The molecule has 0 aliphatic carbocycles. The lowest BCUT2D eigenvalue weighted by molar-refractivity contribution is -0.139. The number of benzene rings is 2. The number of carbonyl (C=O) groups is 3. The second-order valence-electron chi connectivity index (χ2n) is 9.94. The first kappa shape index (κ1) is 27.3. The highest BCUT2D eigenvalue weighted by atomic mass is 19.1. The Balaban J connectivity index is 1.64. The number of likely N-dealkylation sites (N-methyl/N-ethyl adjacent to an activating group) is 1. The summed E-state index contributed by atoms with van der Waals surface area (Å²) in [6, 6.07) is 10.8. The summed E-state index contributed by atoms with van der Waals surface area (Å²) < 4.78 is 19.7. The van der Waals surface area contributed by atoms with Gasteiger partial charge >= 0.3 is 12.0 Å². The minimum atomic E-state index is -0.644. The molecule has 0 bridgehead atoms. The van der Waals surface area contributed by atoms with E-state index in [1.807, 2.05) is 39.0 Å². The molecule has 202 valence electrons. The lowest BCUT2D eigenvalue weighted by Crippen LogP contribution is -2.56. The first-order chi connectivity index (χ1) is 18.1. The van der Waals surface area contributed by atoms with Crippen molar-refractivity contribution < 1.29 is 23.5 Å². The van der Waals surface area contributed by atoms with Crippen molar-refractivity contribution in [3.8, 4) is 0 Å². The number of hydrogen-bond donors (Lipinski definition) is 1. The van der Waals surface area contributed by atoms with Crippen LogP contribution in [0.15, 0.2) is 53.7 Å². The van der Waals surface area contributed by atoms with E-state index in [-0.39, 0.29) is 30.2 Å². The van der Waals surface area contributed by atoms with Gasteiger partial charge < -0.3 is 15.0 Å². The van der Waals surface area contributed by atoms with Gasteiger partial charge in [-0.05, 0) is 51.0 Å². The van der Waals surface area contributed by atoms with Crippen molar-refractivity contribution in [1.29, 1.82) is 0 Å². The lowest BCUT2D eigenvalue weighted by atomic mass is 9.90. The third kappa shape index (κ3) is 5.43. The molecule has 0 spiro atoms. The number of halogens is 1. The highest BCUT2D eigenvalue weighted by molar-refractivity contribution is 5.96. The number of nitrogens with zero attached hydrogens (tertiary/aromatic N) is 3. The zero-order chi connectivity index (χ0) is 27.6. The Bertz CT molecular complexity index is 1280. The Kier molecular flexibility index (Phi) is 8.16. The molecule has 0 radical (unpaired) electrons. The molecule has 2 aliphatic rings. The van der Waals surface area contributed by atoms with E-state index in [1.165, 1.54) is 17.0 Å². The zero-order valence-electron chi connectivity index (χ0n) is 22.6. The zero-order valence-corrected chi connectivity index (χ0v) is 22.6. The molecule has 0 saturated carbocycles. The van der Waals surface area contributed by atoms with Crippen LogP contribution in [-0.2, 0) is 9.53 Å². The molecule has 38 heavy (non-hydrogen) atoms. The molecular weight excluding hydrogens is 487 g/mol. The maximum atomic E-state index is 14.2. The Morgan fingerprint density at radius 2 is 1.87 bits per heavy atom. The SMILES string of the molecule is CCOC(=O)C1=C(CN2CCN(C(=O)c3ccccc3F)[C@H](C)C2)N(C)C(=O)N[C@H]1c1cc(C)ccc1C. The minimum absolute atomic E-state index is 0.0557. The molecule has 2 aromatic rings. The summed E-state index contributed by atoms with van der Waals surface area (Å²) in [6.45, 7) is 9.54. The Morgan fingerprint density at radius 1 is 1.13 bits per heavy atom. The number of ether oxygens (including phenoxy) is 1. The number of esters is 1. The predicted octanol–water partition coefficient (Wildman–Crippen LogP) is 3.80. The van der Waals surface area contributed by atoms with Crippen molar-refractivity contribution in [3.05, 3.63) is 81.8 Å². The van der Waals surface area contributed by atoms with E-state index in [0.717, 1.165) is 16.7 Å². The van der Waals surface area contributed by atoms with Gasteiger partial charge in [-0.3, -0.25) is 14.6 Å². The van der Waals surface area contributed by atoms with Crippen LogP contribution in [0.2, 0.25) is 0 Å². The van der Waals surface area contributed by atoms with Crippen LogP contribution in [0.25, 0.3) is 0 Å². The van der Waals surface area contributed by atoms with Crippen LogP contribution in [0.1, 0.15) is 46.9 Å². The number of amides is 3. The predicted molar refractivity (Wildman–Crippen MR) is 142 cm³/mol. The third-order valence-corrected chi connectivity index (χ3v) is 7.27. The summed E-state index contributed by atoms with van der Waals surface area (Å²) in [6.07, 6.45) is 0. The number of nitrogens with one attached hydrogen (secondary N) is 1. The quantitative estimate of drug-likeness (QED) is 0.584. The number of aryl methyl sites for hydroxylation is 2. The largest absolute Gasteiger partial charge is 0.463 e. The van der Waals surface area contributed by atoms with Gasteiger partial charge in [-0.2, -0.15) is 0 Å². The van der Waals surface area contributed by atoms with E-state index in [2.05, 4.69) is 10.2 Å². The van der Waals surface area contributed by atoms with Crippen LogP contribution in [0.4, 0.5) is 9.18 Å². The molecular formula is C29H35FN4O4. The number of urea groups is 1.